The Labute approximate surface area is 204 Å². The maximum Gasteiger partial charge on any atom is 0.219 e. The maximum atomic E-state index is 14.4. The molecule has 0 bridgehead atoms. The molecule has 1 saturated heterocycles. The Hall–Kier alpha value is -3.53. The number of halogens is 1. The Morgan fingerprint density at radius 2 is 1.91 bits per heavy atom. The lowest BCUT2D eigenvalue weighted by Crippen LogP contribution is -2.47. The van der Waals surface area contributed by atoms with E-state index in [-0.39, 0.29) is 11.7 Å². The van der Waals surface area contributed by atoms with E-state index in [0.717, 1.165) is 54.6 Å². The number of aryl methyl sites for hydroxylation is 1. The first kappa shape index (κ1) is 23.2. The van der Waals surface area contributed by atoms with Crippen molar-refractivity contribution in [3.8, 4) is 17.0 Å². The number of piperazine rings is 1. The number of benzene rings is 1. The van der Waals surface area contributed by atoms with E-state index in [1.165, 1.54) is 13.2 Å². The number of fused-ring (bicyclic) bond motifs is 1. The largest absolute Gasteiger partial charge is 0.497 e. The van der Waals surface area contributed by atoms with Gasteiger partial charge in [-0.15, -0.1) is 0 Å². The van der Waals surface area contributed by atoms with E-state index in [0.29, 0.717) is 37.4 Å². The van der Waals surface area contributed by atoms with E-state index >= 15 is 0 Å². The van der Waals surface area contributed by atoms with Gasteiger partial charge in [-0.2, -0.15) is 5.10 Å². The lowest BCUT2D eigenvalue weighted by atomic mass is 10.1. The average molecular weight is 480 g/mol. The first-order valence-electron chi connectivity index (χ1n) is 11.9. The molecule has 0 unspecified atom stereocenters. The second-order valence-corrected chi connectivity index (χ2v) is 9.10. The molecule has 1 aromatic carbocycles. The summed E-state index contributed by atoms with van der Waals surface area (Å²) in [7, 11) is 3.42. The molecule has 1 amide bonds. The molecule has 0 atom stereocenters. The van der Waals surface area contributed by atoms with Crippen LogP contribution in [0.1, 0.15) is 23.9 Å². The van der Waals surface area contributed by atoms with Crippen LogP contribution in [-0.4, -0.2) is 75.3 Å². The first-order valence-corrected chi connectivity index (χ1v) is 11.9. The molecule has 2 aliphatic heterocycles. The van der Waals surface area contributed by atoms with Crippen LogP contribution < -0.4 is 9.64 Å². The van der Waals surface area contributed by atoms with Gasteiger partial charge >= 0.3 is 0 Å². The Balaban J connectivity index is 1.36. The molecular weight excluding hydrogens is 449 g/mol. The van der Waals surface area contributed by atoms with Gasteiger partial charge in [0, 0.05) is 83.1 Å². The monoisotopic (exact) mass is 479 g/mol. The molecule has 2 aromatic heterocycles. The Morgan fingerprint density at radius 1 is 1.11 bits per heavy atom. The third-order valence-corrected chi connectivity index (χ3v) is 6.74. The van der Waals surface area contributed by atoms with E-state index in [1.54, 1.807) is 34.8 Å². The lowest BCUT2D eigenvalue weighted by Gasteiger charge is -2.37. The highest BCUT2D eigenvalue weighted by Gasteiger charge is 2.27. The second-order valence-electron chi connectivity index (χ2n) is 9.10. The van der Waals surface area contributed by atoms with Crippen molar-refractivity contribution in [1.29, 1.82) is 0 Å². The molecule has 3 aromatic rings. The van der Waals surface area contributed by atoms with Crippen molar-refractivity contribution in [2.24, 2.45) is 7.05 Å². The van der Waals surface area contributed by atoms with E-state index in [9.17, 15) is 9.18 Å². The molecule has 0 aliphatic carbocycles. The maximum absolute atomic E-state index is 14.4. The van der Waals surface area contributed by atoms with Gasteiger partial charge < -0.3 is 14.5 Å². The van der Waals surface area contributed by atoms with Gasteiger partial charge in [0.05, 0.1) is 31.2 Å². The third-order valence-electron chi connectivity index (χ3n) is 6.74. The summed E-state index contributed by atoms with van der Waals surface area (Å²) in [5, 5.41) is 4.33. The van der Waals surface area contributed by atoms with Crippen molar-refractivity contribution in [3.63, 3.8) is 0 Å². The summed E-state index contributed by atoms with van der Waals surface area (Å²) in [5.74, 6) is 1.18. The number of carbonyl (C=O) groups is 1. The number of amides is 1. The molecule has 5 rings (SSSR count). The number of anilines is 1. The van der Waals surface area contributed by atoms with Crippen LogP contribution in [0.5, 0.6) is 5.75 Å². The molecule has 0 saturated carbocycles. The van der Waals surface area contributed by atoms with Crippen molar-refractivity contribution < 1.29 is 13.9 Å². The zero-order valence-electron chi connectivity index (χ0n) is 20.4. The summed E-state index contributed by atoms with van der Waals surface area (Å²) in [6.07, 6.45) is 4.43. The Kier molecular flexibility index (Phi) is 6.38. The van der Waals surface area contributed by atoms with Crippen LogP contribution in [-0.2, 0) is 31.4 Å². The summed E-state index contributed by atoms with van der Waals surface area (Å²) < 4.78 is 21.3. The lowest BCUT2D eigenvalue weighted by molar-refractivity contribution is -0.129. The summed E-state index contributed by atoms with van der Waals surface area (Å²) in [6.45, 7) is 6.37. The molecule has 0 N–H and O–H groups in total. The second kappa shape index (κ2) is 9.61. The number of rotatable bonds is 5. The highest BCUT2D eigenvalue weighted by Crippen LogP contribution is 2.31. The predicted octanol–water partition coefficient (Wildman–Crippen LogP) is 2.25. The molecule has 0 spiro atoms. The molecule has 10 heteroatoms. The average Bonchev–Trinajstić information content (AvgIpc) is 3.30. The minimum Gasteiger partial charge on any atom is -0.497 e. The topological polar surface area (TPSA) is 79.6 Å². The number of ether oxygens (including phenoxy) is 1. The van der Waals surface area contributed by atoms with Crippen LogP contribution in [0.25, 0.3) is 11.3 Å². The molecule has 1 fully saturated rings. The minimum absolute atomic E-state index is 0.0499. The van der Waals surface area contributed by atoms with Crippen molar-refractivity contribution in [2.75, 3.05) is 44.7 Å². The van der Waals surface area contributed by atoms with Crippen LogP contribution in [0, 0.1) is 5.82 Å². The minimum atomic E-state index is -0.245. The Morgan fingerprint density at radius 3 is 2.57 bits per heavy atom. The van der Waals surface area contributed by atoms with Gasteiger partial charge in [0.2, 0.25) is 5.91 Å². The van der Waals surface area contributed by atoms with Crippen molar-refractivity contribution >= 4 is 11.7 Å². The van der Waals surface area contributed by atoms with Crippen LogP contribution in [0.4, 0.5) is 10.2 Å². The van der Waals surface area contributed by atoms with Gasteiger partial charge in [-0.3, -0.25) is 14.4 Å². The standard InChI is InChI=1S/C25H30FN7O2/c1-17(34)33-7-6-22-23(16-33)28-24(19-13-27-30(2)14-19)25(29-22)32-10-8-31(9-11-32)15-18-4-5-20(35-3)12-21(18)26/h4-5,12-14H,6-11,15-16H2,1-3H3. The summed E-state index contributed by atoms with van der Waals surface area (Å²) >= 11 is 0. The summed E-state index contributed by atoms with van der Waals surface area (Å²) in [6, 6.07) is 5.02. The summed E-state index contributed by atoms with van der Waals surface area (Å²) in [4.78, 5) is 28.3. The number of nitrogens with zero attached hydrogens (tertiary/aromatic N) is 7. The summed E-state index contributed by atoms with van der Waals surface area (Å²) in [5.41, 5.74) is 4.16. The van der Waals surface area contributed by atoms with Crippen molar-refractivity contribution in [3.05, 3.63) is 53.4 Å². The number of methoxy groups -OCH3 is 1. The van der Waals surface area contributed by atoms with Crippen molar-refractivity contribution in [1.82, 2.24) is 29.5 Å². The number of aromatic nitrogens is 4. The molecule has 184 valence electrons. The fourth-order valence-corrected chi connectivity index (χ4v) is 4.69. The number of carbonyl (C=O) groups excluding carboxylic acids is 1. The van der Waals surface area contributed by atoms with Crippen molar-refractivity contribution in [2.45, 2.75) is 26.4 Å². The SMILES string of the molecule is COc1ccc(CN2CCN(c3nc4c(nc3-c3cnn(C)c3)CN(C(C)=O)CC4)CC2)c(F)c1. The van der Waals surface area contributed by atoms with Crippen LogP contribution in [0.15, 0.2) is 30.6 Å². The van der Waals surface area contributed by atoms with Crippen LogP contribution >= 0.6 is 0 Å². The quantitative estimate of drug-likeness (QED) is 0.555. The number of hydrogen-bond donors (Lipinski definition) is 0. The highest BCUT2D eigenvalue weighted by atomic mass is 19.1. The molecule has 9 nitrogen and oxygen atoms in total. The van der Waals surface area contributed by atoms with E-state index in [4.69, 9.17) is 14.7 Å². The van der Waals surface area contributed by atoms with E-state index in [2.05, 4.69) is 14.9 Å². The molecular formula is C25H30FN7O2. The smallest absolute Gasteiger partial charge is 0.219 e. The zero-order valence-corrected chi connectivity index (χ0v) is 20.4. The number of hydrogen-bond acceptors (Lipinski definition) is 7. The third kappa shape index (κ3) is 4.84. The fraction of sp³-hybridized carbons (Fsp3) is 0.440. The Bertz CT molecular complexity index is 1240. The zero-order chi connectivity index (χ0) is 24.5. The predicted molar refractivity (Wildman–Crippen MR) is 129 cm³/mol. The van der Waals surface area contributed by atoms with E-state index < -0.39 is 0 Å². The molecule has 4 heterocycles. The van der Waals surface area contributed by atoms with Gasteiger partial charge in [0.15, 0.2) is 5.82 Å². The molecule has 35 heavy (non-hydrogen) atoms. The highest BCUT2D eigenvalue weighted by molar-refractivity contribution is 5.74. The van der Waals surface area contributed by atoms with Gasteiger partial charge in [-0.1, -0.05) is 6.07 Å². The first-order chi connectivity index (χ1) is 16.9. The van der Waals surface area contributed by atoms with Gasteiger partial charge in [0.25, 0.3) is 0 Å². The van der Waals surface area contributed by atoms with Gasteiger partial charge in [-0.25, -0.2) is 14.4 Å². The normalized spacial score (nSPS) is 16.3. The van der Waals surface area contributed by atoms with E-state index in [1.807, 2.05) is 13.2 Å². The van der Waals surface area contributed by atoms with Gasteiger partial charge in [0.1, 0.15) is 17.3 Å². The van der Waals surface area contributed by atoms with Crippen LogP contribution in [0.2, 0.25) is 0 Å². The van der Waals surface area contributed by atoms with Gasteiger partial charge in [-0.05, 0) is 6.07 Å². The fourth-order valence-electron chi connectivity index (χ4n) is 4.69. The molecule has 2 aliphatic rings. The van der Waals surface area contributed by atoms with Crippen LogP contribution in [0.3, 0.4) is 0 Å². The molecule has 0 radical (unpaired) electrons.